The first-order chi connectivity index (χ1) is 11.7. The van der Waals surface area contributed by atoms with Gasteiger partial charge in [-0.25, -0.2) is 0 Å². The fraction of sp³-hybridized carbons (Fsp3) is 0.133. The molecule has 3 N–H and O–H groups in total. The van der Waals surface area contributed by atoms with Gasteiger partial charge in [0.25, 0.3) is 0 Å². The van der Waals surface area contributed by atoms with Gasteiger partial charge in [0.1, 0.15) is 0 Å². The van der Waals surface area contributed by atoms with Gasteiger partial charge < -0.3 is 0 Å². The second-order valence-corrected chi connectivity index (χ2v) is 8.76. The van der Waals surface area contributed by atoms with Crippen molar-refractivity contribution in [3.05, 3.63) is 52.1 Å². The van der Waals surface area contributed by atoms with E-state index < -0.39 is 25.0 Å². The molecular formula is C15H15AsN2O7. The molecule has 0 spiro atoms. The van der Waals surface area contributed by atoms with Crippen LogP contribution < -0.4 is 9.67 Å². The van der Waals surface area contributed by atoms with Crippen LogP contribution in [0.2, 0.25) is 0 Å². The van der Waals surface area contributed by atoms with Crippen LogP contribution in [-0.2, 0) is 12.4 Å². The molecule has 2 aromatic rings. The number of nitro benzene ring substituents is 1. The molecule has 1 atom stereocenters. The van der Waals surface area contributed by atoms with E-state index in [0.717, 1.165) is 0 Å². The van der Waals surface area contributed by atoms with Gasteiger partial charge in [0, 0.05) is 0 Å². The van der Waals surface area contributed by atoms with Gasteiger partial charge in [0.05, 0.1) is 0 Å². The number of hydrogen-bond acceptors (Lipinski definition) is 6. The summed E-state index contributed by atoms with van der Waals surface area (Å²) in [5, 5.41) is 22.1. The number of rotatable bonds is 5. The van der Waals surface area contributed by atoms with Gasteiger partial charge in [-0.05, 0) is 0 Å². The van der Waals surface area contributed by atoms with Crippen LogP contribution in [0.25, 0.3) is 11.1 Å². The van der Waals surface area contributed by atoms with Crippen molar-refractivity contribution in [1.82, 2.24) is 0 Å². The van der Waals surface area contributed by atoms with Crippen LogP contribution in [0.15, 0.2) is 36.4 Å². The second kappa shape index (κ2) is 7.20. The fourth-order valence-corrected chi connectivity index (χ4v) is 4.50. The Bertz CT molecular complexity index is 880. The van der Waals surface area contributed by atoms with E-state index in [1.165, 1.54) is 37.3 Å². The van der Waals surface area contributed by atoms with Crippen LogP contribution in [0, 0.1) is 17.0 Å². The van der Waals surface area contributed by atoms with Crippen molar-refractivity contribution in [2.24, 2.45) is 0 Å². The van der Waals surface area contributed by atoms with Crippen molar-refractivity contribution in [1.29, 1.82) is 0 Å². The molecule has 0 saturated carbocycles. The Labute approximate surface area is 145 Å². The minimum absolute atomic E-state index is 0.0277. The molecule has 0 radical (unpaired) electrons. The topological polar surface area (TPSA) is 139 Å². The molecule has 0 bridgehead atoms. The molecule has 1 unspecified atom stereocenters. The number of carbonyl (C=O) groups excluding carboxylic acids is 1. The molecule has 25 heavy (non-hydrogen) atoms. The first-order valence-corrected chi connectivity index (χ1v) is 10.3. The van der Waals surface area contributed by atoms with E-state index in [2.05, 4.69) is 9.19 Å². The van der Waals surface area contributed by atoms with E-state index in [1.54, 1.807) is 13.0 Å². The van der Waals surface area contributed by atoms with Gasteiger partial charge in [0.15, 0.2) is 0 Å². The van der Waals surface area contributed by atoms with E-state index in [9.17, 15) is 22.7 Å². The number of nitrogens with one attached hydrogen (secondary N) is 1. The normalized spacial score (nSPS) is 13.1. The summed E-state index contributed by atoms with van der Waals surface area (Å²) < 4.78 is 26.0. The number of hydrogen-bond donors (Lipinski definition) is 3. The van der Waals surface area contributed by atoms with Gasteiger partial charge in [-0.3, -0.25) is 0 Å². The fourth-order valence-electron chi connectivity index (χ4n) is 2.39. The van der Waals surface area contributed by atoms with E-state index in [4.69, 9.17) is 5.26 Å². The van der Waals surface area contributed by atoms with E-state index in [1.807, 2.05) is 0 Å². The monoisotopic (exact) mass is 410 g/mol. The number of carbonyl (C=O) groups is 1. The maximum absolute atomic E-state index is 12.4. The third-order valence-electron chi connectivity index (χ3n) is 3.35. The quantitative estimate of drug-likeness (QED) is 0.294. The standard InChI is InChI=1S/C15H15AsN2O7/c1-9-7-13(11-3-5-12(6-4-11)18(22)23)15(16(20,21)25-24)14(8-9)17-10(2)19/h3-8,24H,1-2H3,(H,17,19)(H,20,21). The molecule has 0 saturated heterocycles. The molecule has 0 aliphatic carbocycles. The van der Waals surface area contributed by atoms with E-state index in [0.29, 0.717) is 11.1 Å². The molecule has 0 fully saturated rings. The predicted molar refractivity (Wildman–Crippen MR) is 89.6 cm³/mol. The Morgan fingerprint density at radius 2 is 1.88 bits per heavy atom. The maximum atomic E-state index is 12.4. The molecule has 2 rings (SSSR count). The zero-order valence-corrected chi connectivity index (χ0v) is 15.2. The predicted octanol–water partition coefficient (Wildman–Crippen LogP) is 1.59. The first kappa shape index (κ1) is 18.9. The van der Waals surface area contributed by atoms with Gasteiger partial charge >= 0.3 is 145 Å². The van der Waals surface area contributed by atoms with Crippen molar-refractivity contribution >= 4 is 35.8 Å². The third kappa shape index (κ3) is 4.15. The van der Waals surface area contributed by atoms with Crippen LogP contribution in [-0.4, -0.2) is 34.4 Å². The van der Waals surface area contributed by atoms with E-state index >= 15 is 0 Å². The number of benzene rings is 2. The Morgan fingerprint density at radius 1 is 1.28 bits per heavy atom. The van der Waals surface area contributed by atoms with Gasteiger partial charge in [-0.15, -0.1) is 0 Å². The molecule has 9 nitrogen and oxygen atoms in total. The number of non-ortho nitro benzene ring substituents is 1. The third-order valence-corrected chi connectivity index (χ3v) is 6.01. The van der Waals surface area contributed by atoms with Crippen LogP contribution >= 0.6 is 0 Å². The van der Waals surface area contributed by atoms with Crippen LogP contribution in [0.5, 0.6) is 0 Å². The van der Waals surface area contributed by atoms with Gasteiger partial charge in [-0.1, -0.05) is 0 Å². The summed E-state index contributed by atoms with van der Waals surface area (Å²) in [6.07, 6.45) is 0. The Balaban J connectivity index is 2.75. The van der Waals surface area contributed by atoms with Crippen molar-refractivity contribution in [2.75, 3.05) is 5.32 Å². The SMILES string of the molecule is CC(=O)Nc1cc(C)cc(-c2ccc([N+](=O)[O-])cc2)c1[As](=O)(O)OO. The van der Waals surface area contributed by atoms with Gasteiger partial charge in [0.2, 0.25) is 0 Å². The molecule has 0 heterocycles. The molecule has 132 valence electrons. The number of nitro groups is 1. The first-order valence-electron chi connectivity index (χ1n) is 6.99. The molecule has 2 aromatic carbocycles. The summed E-state index contributed by atoms with van der Waals surface area (Å²) in [5.74, 6) is -0.477. The summed E-state index contributed by atoms with van der Waals surface area (Å²) in [6.45, 7) is 2.94. The summed E-state index contributed by atoms with van der Waals surface area (Å²) in [6, 6.07) is 8.32. The Hall–Kier alpha value is -2.45. The molecule has 0 aliphatic heterocycles. The van der Waals surface area contributed by atoms with Crippen LogP contribution in [0.1, 0.15) is 12.5 Å². The number of anilines is 1. The zero-order valence-electron chi connectivity index (χ0n) is 13.3. The van der Waals surface area contributed by atoms with Crippen LogP contribution in [0.4, 0.5) is 11.4 Å². The summed E-state index contributed by atoms with van der Waals surface area (Å²) in [4.78, 5) is 21.6. The summed E-state index contributed by atoms with van der Waals surface area (Å²) >= 11 is -5.38. The van der Waals surface area contributed by atoms with Crippen molar-refractivity contribution < 1.29 is 26.7 Å². The zero-order chi connectivity index (χ0) is 18.8. The molecule has 10 heteroatoms. The number of nitrogens with zero attached hydrogens (tertiary/aromatic N) is 1. The van der Waals surface area contributed by atoms with Crippen molar-refractivity contribution in [3.8, 4) is 11.1 Å². The average molecular weight is 410 g/mol. The molecule has 0 aliphatic rings. The molecular weight excluding hydrogens is 395 g/mol. The van der Waals surface area contributed by atoms with Crippen molar-refractivity contribution in [2.45, 2.75) is 13.8 Å². The molecule has 0 aromatic heterocycles. The Morgan fingerprint density at radius 3 is 2.36 bits per heavy atom. The van der Waals surface area contributed by atoms with Crippen molar-refractivity contribution in [3.63, 3.8) is 0 Å². The summed E-state index contributed by atoms with van der Waals surface area (Å²) in [7, 11) is 0. The van der Waals surface area contributed by atoms with E-state index in [-0.39, 0.29) is 21.3 Å². The van der Waals surface area contributed by atoms with Gasteiger partial charge in [-0.2, -0.15) is 0 Å². The van der Waals surface area contributed by atoms with Crippen LogP contribution in [0.3, 0.4) is 0 Å². The molecule has 1 amide bonds. The number of aryl methyl sites for hydroxylation is 1. The number of amides is 1. The average Bonchev–Trinajstić information content (AvgIpc) is 2.53. The second-order valence-electron chi connectivity index (χ2n) is 5.30. The summed E-state index contributed by atoms with van der Waals surface area (Å²) in [5.41, 5.74) is 1.16. The minimum atomic E-state index is -5.38. The Kier molecular flexibility index (Phi) is 5.44.